The van der Waals surface area contributed by atoms with Crippen molar-refractivity contribution in [3.63, 3.8) is 0 Å². The maximum absolute atomic E-state index is 12.2. The molecule has 0 saturated heterocycles. The average Bonchev–Trinajstić information content (AvgIpc) is 3.27. The van der Waals surface area contributed by atoms with Crippen molar-refractivity contribution in [2.75, 3.05) is 47.5 Å². The molecule has 4 rings (SSSR count). The Morgan fingerprint density at radius 3 is 2.37 bits per heavy atom. The van der Waals surface area contributed by atoms with Crippen LogP contribution >= 0.6 is 7.82 Å². The van der Waals surface area contributed by atoms with Gasteiger partial charge in [0.15, 0.2) is 0 Å². The molecule has 6 nitrogen and oxygen atoms in total. The van der Waals surface area contributed by atoms with Gasteiger partial charge in [-0.05, 0) is 110 Å². The summed E-state index contributed by atoms with van der Waals surface area (Å²) < 4.78 is 29.4. The van der Waals surface area contributed by atoms with Crippen LogP contribution in [0.4, 0.5) is 0 Å². The minimum absolute atomic E-state index is 0.0755. The number of phosphoric ester groups is 1. The van der Waals surface area contributed by atoms with Crippen LogP contribution in [-0.2, 0) is 18.3 Å². The van der Waals surface area contributed by atoms with E-state index in [-0.39, 0.29) is 19.3 Å². The zero-order valence-electron chi connectivity index (χ0n) is 29.3. The second kappa shape index (κ2) is 14.3. The third-order valence-corrected chi connectivity index (χ3v) is 14.0. The summed E-state index contributed by atoms with van der Waals surface area (Å²) in [6, 6.07) is 0. The lowest BCUT2D eigenvalue weighted by molar-refractivity contribution is -0.870. The van der Waals surface area contributed by atoms with Crippen molar-refractivity contribution >= 4 is 7.82 Å². The molecule has 0 heterocycles. The monoisotopic (exact) mass is 624 g/mol. The third-order valence-electron chi connectivity index (χ3n) is 13.0. The quantitative estimate of drug-likeness (QED) is 0.0853. The highest BCUT2D eigenvalue weighted by atomic mass is 31.2. The molecule has 0 amide bonds. The maximum atomic E-state index is 12.2. The lowest BCUT2D eigenvalue weighted by Gasteiger charge is -2.58. The van der Waals surface area contributed by atoms with Gasteiger partial charge in [-0.3, -0.25) is 9.05 Å². The van der Waals surface area contributed by atoms with Crippen LogP contribution in [0.25, 0.3) is 0 Å². The van der Waals surface area contributed by atoms with Crippen molar-refractivity contribution in [2.24, 2.45) is 52.3 Å². The van der Waals surface area contributed by atoms with Gasteiger partial charge in [-0.15, -0.1) is 0 Å². The summed E-state index contributed by atoms with van der Waals surface area (Å²) in [6.07, 6.45) is 17.1. The van der Waals surface area contributed by atoms with E-state index in [4.69, 9.17) is 13.8 Å². The number of nitrogens with zero attached hydrogens (tertiary/aromatic N) is 1. The number of phosphoric acid groups is 1. The fourth-order valence-corrected chi connectivity index (χ4v) is 11.0. The molecule has 250 valence electrons. The smallest absolute Gasteiger partial charge is 0.375 e. The van der Waals surface area contributed by atoms with Gasteiger partial charge in [0.1, 0.15) is 13.2 Å². The second-order valence-corrected chi connectivity index (χ2v) is 18.3. The first-order valence-electron chi connectivity index (χ1n) is 17.8. The van der Waals surface area contributed by atoms with Crippen molar-refractivity contribution < 1.29 is 27.7 Å². The number of quaternary nitrogens is 1. The Morgan fingerprint density at radius 2 is 1.70 bits per heavy atom. The molecule has 0 aromatic rings. The van der Waals surface area contributed by atoms with Gasteiger partial charge in [0.2, 0.25) is 0 Å². The summed E-state index contributed by atoms with van der Waals surface area (Å²) in [6.45, 7) is 16.3. The van der Waals surface area contributed by atoms with Gasteiger partial charge in [-0.25, -0.2) is 4.57 Å². The summed E-state index contributed by atoms with van der Waals surface area (Å²) in [5.41, 5.74) is 2.44. The Labute approximate surface area is 264 Å². The molecule has 0 spiro atoms. The predicted octanol–water partition coefficient (Wildman–Crippen LogP) is 8.89. The van der Waals surface area contributed by atoms with Crippen LogP contribution < -0.4 is 0 Å². The van der Waals surface area contributed by atoms with Crippen LogP contribution in [0.2, 0.25) is 0 Å². The molecule has 3 saturated carbocycles. The van der Waals surface area contributed by atoms with Gasteiger partial charge in [0, 0.05) is 0 Å². The highest BCUT2D eigenvalue weighted by molar-refractivity contribution is 7.47. The lowest BCUT2D eigenvalue weighted by atomic mass is 9.47. The summed E-state index contributed by atoms with van der Waals surface area (Å²) in [7, 11) is 2.02. The molecule has 10 atom stereocenters. The molecule has 0 aromatic carbocycles. The molecule has 0 radical (unpaired) electrons. The summed E-state index contributed by atoms with van der Waals surface area (Å²) in [5.74, 6) is 5.94. The Balaban J connectivity index is 1.28. The van der Waals surface area contributed by atoms with Gasteiger partial charge in [0.25, 0.3) is 0 Å². The van der Waals surface area contributed by atoms with E-state index in [1.807, 2.05) is 21.1 Å². The molecule has 0 bridgehead atoms. The number of rotatable bonds is 15. The van der Waals surface area contributed by atoms with Crippen molar-refractivity contribution in [1.29, 1.82) is 0 Å². The zero-order valence-corrected chi connectivity index (χ0v) is 30.2. The Hall–Kier alpha value is -0.230. The molecule has 0 aliphatic heterocycles. The number of likely N-dealkylation sites (N-methyl/N-ethyl adjacent to an activating group) is 1. The molecular weight excluding hydrogens is 557 g/mol. The van der Waals surface area contributed by atoms with E-state index in [2.05, 4.69) is 47.6 Å². The minimum Gasteiger partial charge on any atom is -0.375 e. The van der Waals surface area contributed by atoms with Gasteiger partial charge >= 0.3 is 7.82 Å². The van der Waals surface area contributed by atoms with E-state index in [1.54, 1.807) is 5.57 Å². The van der Waals surface area contributed by atoms with Gasteiger partial charge in [-0.2, -0.15) is 0 Å². The molecule has 3 fully saturated rings. The zero-order chi connectivity index (χ0) is 31.6. The molecular formula is C36H67NO5P+. The predicted molar refractivity (Wildman–Crippen MR) is 177 cm³/mol. The van der Waals surface area contributed by atoms with E-state index in [1.165, 1.54) is 57.8 Å². The van der Waals surface area contributed by atoms with Crippen LogP contribution in [0.3, 0.4) is 0 Å². The molecule has 4 aliphatic carbocycles. The molecule has 0 aromatic heterocycles. The highest BCUT2D eigenvalue weighted by Crippen LogP contribution is 2.67. The first-order valence-corrected chi connectivity index (χ1v) is 19.3. The van der Waals surface area contributed by atoms with Crippen molar-refractivity contribution in [1.82, 2.24) is 0 Å². The summed E-state index contributed by atoms with van der Waals surface area (Å²) in [4.78, 5) is 9.99. The van der Waals surface area contributed by atoms with Gasteiger partial charge in [-0.1, -0.05) is 66.0 Å². The van der Waals surface area contributed by atoms with E-state index in [0.717, 1.165) is 54.3 Å². The minimum atomic E-state index is -4.04. The Morgan fingerprint density at radius 1 is 0.977 bits per heavy atom. The maximum Gasteiger partial charge on any atom is 0.472 e. The van der Waals surface area contributed by atoms with Crippen LogP contribution in [0.15, 0.2) is 11.6 Å². The standard InChI is InChI=1S/C36H66NO5P/c1-10-28(26(2)3)12-11-27(4)32-15-16-33-31-14-13-29-25-30(17-19-35(29,5)34(31)18-20-36(32,33)6)40-23-24-42-43(38,39)41-22-21-37(7,8)9/h13,26-28,30-34H,10-12,14-25H2,1-9H3/p+1/t27-,28-,30+,31?,32-,33?,34?,35+,36-/m1/s1. The van der Waals surface area contributed by atoms with Crippen LogP contribution in [0.1, 0.15) is 112 Å². The van der Waals surface area contributed by atoms with Gasteiger partial charge < -0.3 is 14.1 Å². The lowest BCUT2D eigenvalue weighted by Crippen LogP contribution is -2.51. The normalized spacial score (nSPS) is 37.2. The van der Waals surface area contributed by atoms with Crippen LogP contribution in [0, 0.1) is 52.3 Å². The average molecular weight is 625 g/mol. The van der Waals surface area contributed by atoms with E-state index in [9.17, 15) is 9.46 Å². The molecule has 43 heavy (non-hydrogen) atoms. The van der Waals surface area contributed by atoms with Crippen LogP contribution in [-0.4, -0.2) is 63.0 Å². The van der Waals surface area contributed by atoms with E-state index < -0.39 is 7.82 Å². The molecule has 4 unspecified atom stereocenters. The number of allylic oxidation sites excluding steroid dienone is 1. The first-order chi connectivity index (χ1) is 20.1. The van der Waals surface area contributed by atoms with E-state index in [0.29, 0.717) is 28.5 Å². The summed E-state index contributed by atoms with van der Waals surface area (Å²) >= 11 is 0. The second-order valence-electron chi connectivity index (χ2n) is 16.8. The number of hydrogen-bond donors (Lipinski definition) is 1. The Kier molecular flexibility index (Phi) is 11.8. The van der Waals surface area contributed by atoms with Crippen LogP contribution in [0.5, 0.6) is 0 Å². The largest absolute Gasteiger partial charge is 0.472 e. The molecule has 1 N–H and O–H groups in total. The van der Waals surface area contributed by atoms with Crippen molar-refractivity contribution in [2.45, 2.75) is 118 Å². The third kappa shape index (κ3) is 8.38. The molecule has 7 heteroatoms. The van der Waals surface area contributed by atoms with Gasteiger partial charge in [0.05, 0.1) is 40.5 Å². The molecule has 4 aliphatic rings. The van der Waals surface area contributed by atoms with Crippen molar-refractivity contribution in [3.05, 3.63) is 11.6 Å². The fraction of sp³-hybridized carbons (Fsp3) is 0.944. The topological polar surface area (TPSA) is 65.0 Å². The SMILES string of the molecule is CC[C@H](CC[C@@H](C)[C@H]1CCC2C3CC=C4C[C@@H](OCCOP(=O)(O)OCC[N+](C)(C)C)CC[C@]4(C)C3CC[C@@]21C)C(C)C. The summed E-state index contributed by atoms with van der Waals surface area (Å²) in [5, 5.41) is 0. The fourth-order valence-electron chi connectivity index (χ4n) is 10.3. The highest BCUT2D eigenvalue weighted by Gasteiger charge is 2.59. The number of ether oxygens (including phenoxy) is 1. The van der Waals surface area contributed by atoms with Crippen molar-refractivity contribution in [3.8, 4) is 0 Å². The number of hydrogen-bond acceptors (Lipinski definition) is 4. The first kappa shape index (κ1) is 35.6. The van der Waals surface area contributed by atoms with E-state index >= 15 is 0 Å². The number of fused-ring (bicyclic) bond motifs is 5. The Bertz CT molecular complexity index is 993.